The van der Waals surface area contributed by atoms with Gasteiger partial charge in [0.1, 0.15) is 0 Å². The van der Waals surface area contributed by atoms with Crippen LogP contribution < -0.4 is 9.80 Å². The summed E-state index contributed by atoms with van der Waals surface area (Å²) in [7, 11) is 0. The Balaban J connectivity index is 1.17. The molecule has 10 aromatic rings. The molecule has 0 spiro atoms. The molecule has 11 rings (SSSR count). The number of aryl methyl sites for hydroxylation is 6. The first-order valence-corrected chi connectivity index (χ1v) is 24.1. The Morgan fingerprint density at radius 3 is 0.779 bits per heavy atom. The van der Waals surface area contributed by atoms with Crippen molar-refractivity contribution in [2.45, 2.75) is 66.2 Å². The van der Waals surface area contributed by atoms with Crippen molar-refractivity contribution < 1.29 is 0 Å². The van der Waals surface area contributed by atoms with Crippen LogP contribution in [0.15, 0.2) is 206 Å². The normalized spacial score (nSPS) is 16.4. The van der Waals surface area contributed by atoms with E-state index in [4.69, 9.17) is 0 Å². The quantitative estimate of drug-likeness (QED) is 0.150. The summed E-state index contributed by atoms with van der Waals surface area (Å²) in [5.41, 5.74) is 21.2. The van der Waals surface area contributed by atoms with E-state index >= 15 is 0 Å². The van der Waals surface area contributed by atoms with Crippen molar-refractivity contribution in [1.82, 2.24) is 0 Å². The van der Waals surface area contributed by atoms with E-state index in [1.807, 2.05) is 0 Å². The highest BCUT2D eigenvalue weighted by Gasteiger charge is 2.55. The Labute approximate surface area is 402 Å². The fraction of sp³-hybridized carbons (Fsp3) is 0.152. The molecule has 2 unspecified atom stereocenters. The van der Waals surface area contributed by atoms with E-state index in [2.05, 4.69) is 271 Å². The highest BCUT2D eigenvalue weighted by molar-refractivity contribution is 6.11. The molecule has 0 saturated carbocycles. The minimum atomic E-state index is -0.536. The molecular formula is C66H58N2. The van der Waals surface area contributed by atoms with Gasteiger partial charge in [0.2, 0.25) is 0 Å². The molecule has 0 saturated heterocycles. The van der Waals surface area contributed by atoms with Crippen molar-refractivity contribution >= 4 is 55.7 Å². The molecule has 0 radical (unpaired) electrons. The van der Waals surface area contributed by atoms with Gasteiger partial charge in [0, 0.05) is 45.0 Å². The van der Waals surface area contributed by atoms with Crippen molar-refractivity contribution in [3.8, 4) is 11.1 Å². The minimum Gasteiger partial charge on any atom is -0.311 e. The van der Waals surface area contributed by atoms with Crippen LogP contribution in [-0.4, -0.2) is 0 Å². The van der Waals surface area contributed by atoms with Crippen molar-refractivity contribution in [2.24, 2.45) is 0 Å². The number of hydrogen-bond acceptors (Lipinski definition) is 2. The molecular weight excluding hydrogens is 821 g/mol. The Kier molecular flexibility index (Phi) is 10.5. The molecule has 0 amide bonds. The molecule has 0 heterocycles. The monoisotopic (exact) mass is 878 g/mol. The molecule has 332 valence electrons. The summed E-state index contributed by atoms with van der Waals surface area (Å²) in [5.74, 6) is 0. The summed E-state index contributed by atoms with van der Waals surface area (Å²) in [5, 5.41) is 5.20. The summed E-state index contributed by atoms with van der Waals surface area (Å²) < 4.78 is 0. The first-order chi connectivity index (χ1) is 32.9. The number of hydrogen-bond donors (Lipinski definition) is 0. The topological polar surface area (TPSA) is 6.48 Å². The van der Waals surface area contributed by atoms with Crippen LogP contribution in [0.4, 0.5) is 34.1 Å². The molecule has 2 atom stereocenters. The second kappa shape index (κ2) is 16.6. The third-order valence-corrected chi connectivity index (χ3v) is 15.4. The minimum absolute atomic E-state index is 0.536. The summed E-state index contributed by atoms with van der Waals surface area (Å²) in [6.07, 6.45) is 0. The molecule has 2 heteroatoms. The first-order valence-electron chi connectivity index (χ1n) is 24.1. The Morgan fingerprint density at radius 2 is 0.515 bits per heavy atom. The lowest BCUT2D eigenvalue weighted by Crippen LogP contribution is -2.49. The lowest BCUT2D eigenvalue weighted by Gasteiger charge is -2.53. The highest BCUT2D eigenvalue weighted by Crippen LogP contribution is 2.63. The number of fused-ring (bicyclic) bond motifs is 7. The molecule has 68 heavy (non-hydrogen) atoms. The molecule has 0 N–H and O–H groups in total. The van der Waals surface area contributed by atoms with Crippen LogP contribution in [-0.2, 0) is 10.8 Å². The van der Waals surface area contributed by atoms with Crippen LogP contribution in [0, 0.1) is 41.5 Å². The summed E-state index contributed by atoms with van der Waals surface area (Å²) in [6, 6.07) is 77.8. The fourth-order valence-electron chi connectivity index (χ4n) is 11.4. The van der Waals surface area contributed by atoms with Crippen LogP contribution in [0.5, 0.6) is 0 Å². The van der Waals surface area contributed by atoms with Crippen LogP contribution in [0.2, 0.25) is 0 Å². The van der Waals surface area contributed by atoms with E-state index < -0.39 is 10.8 Å². The van der Waals surface area contributed by atoms with Gasteiger partial charge >= 0.3 is 0 Å². The van der Waals surface area contributed by atoms with E-state index in [-0.39, 0.29) is 0 Å². The number of rotatable bonds is 8. The average molecular weight is 879 g/mol. The molecule has 1 aliphatic rings. The zero-order valence-electron chi connectivity index (χ0n) is 40.5. The number of benzene rings is 10. The SMILES string of the molecule is Cc1ccc(N(c2ccc(C)cc2)c2ccc(C3(C)c4cc(C)c5ccccc5c4-c4c(cc(C)c5ccccc45)C3(C)c3ccc(N(c4ccc(C)cc4)c4ccc(C)cc4)cc3)cc2)cc1. The molecule has 0 bridgehead atoms. The maximum atomic E-state index is 2.53. The summed E-state index contributed by atoms with van der Waals surface area (Å²) in [4.78, 5) is 4.77. The Hall–Kier alpha value is -7.68. The molecule has 2 nitrogen and oxygen atoms in total. The largest absolute Gasteiger partial charge is 0.311 e. The van der Waals surface area contributed by atoms with Crippen LogP contribution >= 0.6 is 0 Å². The maximum absolute atomic E-state index is 2.53. The second-order valence-electron chi connectivity index (χ2n) is 19.7. The van der Waals surface area contributed by atoms with Crippen molar-refractivity contribution in [3.63, 3.8) is 0 Å². The van der Waals surface area contributed by atoms with Crippen molar-refractivity contribution in [2.75, 3.05) is 9.80 Å². The van der Waals surface area contributed by atoms with Gasteiger partial charge in [0.15, 0.2) is 0 Å². The van der Waals surface area contributed by atoms with E-state index in [1.54, 1.807) is 0 Å². The smallest absolute Gasteiger partial charge is 0.0461 e. The third kappa shape index (κ3) is 6.84. The molecule has 0 aliphatic heterocycles. The predicted octanol–water partition coefficient (Wildman–Crippen LogP) is 18.1. The lowest BCUT2D eigenvalue weighted by molar-refractivity contribution is 0.356. The van der Waals surface area contributed by atoms with Crippen LogP contribution in [0.1, 0.15) is 69.5 Å². The van der Waals surface area contributed by atoms with Gasteiger partial charge in [-0.25, -0.2) is 0 Å². The average Bonchev–Trinajstić information content (AvgIpc) is 3.36. The number of anilines is 6. The van der Waals surface area contributed by atoms with E-state index in [0.717, 1.165) is 34.1 Å². The van der Waals surface area contributed by atoms with Crippen LogP contribution in [0.3, 0.4) is 0 Å². The van der Waals surface area contributed by atoms with Gasteiger partial charge < -0.3 is 9.80 Å². The molecule has 1 aliphatic carbocycles. The number of nitrogens with zero attached hydrogens (tertiary/aromatic N) is 2. The van der Waals surface area contributed by atoms with Gasteiger partial charge in [-0.3, -0.25) is 0 Å². The van der Waals surface area contributed by atoms with Crippen molar-refractivity contribution in [1.29, 1.82) is 0 Å². The van der Waals surface area contributed by atoms with E-state index in [0.29, 0.717) is 0 Å². The maximum Gasteiger partial charge on any atom is 0.0461 e. The lowest BCUT2D eigenvalue weighted by atomic mass is 9.48. The van der Waals surface area contributed by atoms with Gasteiger partial charge in [-0.05, 0) is 180 Å². The van der Waals surface area contributed by atoms with Gasteiger partial charge in [-0.1, -0.05) is 170 Å². The fourth-order valence-corrected chi connectivity index (χ4v) is 11.4. The molecule has 0 fully saturated rings. The van der Waals surface area contributed by atoms with Gasteiger partial charge in [0.25, 0.3) is 0 Å². The highest BCUT2D eigenvalue weighted by atomic mass is 15.1. The van der Waals surface area contributed by atoms with Gasteiger partial charge in [0.05, 0.1) is 0 Å². The zero-order chi connectivity index (χ0) is 46.9. The molecule has 10 aromatic carbocycles. The van der Waals surface area contributed by atoms with Crippen LogP contribution in [0.25, 0.3) is 32.7 Å². The Bertz CT molecular complexity index is 3160. The second-order valence-corrected chi connectivity index (χ2v) is 19.7. The van der Waals surface area contributed by atoms with E-state index in [1.165, 1.54) is 88.3 Å². The standard InChI is InChI=1S/C66H58N2/c1-43-17-29-51(30-18-43)67(52-31-19-44(2)20-32-52)55-37-25-49(26-38-55)65(7)61-41-47(5)57-13-9-11-15-59(57)63(61)64-60-16-12-10-14-58(60)48(6)42-62(64)66(65,8)50-27-39-56(40-28-50)68(53-33-21-45(3)22-34-53)54-35-23-46(4)24-36-54/h9-42H,1-8H3. The summed E-state index contributed by atoms with van der Waals surface area (Å²) >= 11 is 0. The zero-order valence-corrected chi connectivity index (χ0v) is 40.5. The summed E-state index contributed by atoms with van der Waals surface area (Å²) in [6.45, 7) is 18.3. The Morgan fingerprint density at radius 1 is 0.279 bits per heavy atom. The third-order valence-electron chi connectivity index (χ3n) is 15.4. The van der Waals surface area contributed by atoms with Gasteiger partial charge in [-0.15, -0.1) is 0 Å². The molecule has 0 aromatic heterocycles. The van der Waals surface area contributed by atoms with E-state index in [9.17, 15) is 0 Å². The first kappa shape index (κ1) is 42.9. The predicted molar refractivity (Wildman–Crippen MR) is 290 cm³/mol. The van der Waals surface area contributed by atoms with Crippen molar-refractivity contribution in [3.05, 3.63) is 262 Å². The van der Waals surface area contributed by atoms with Gasteiger partial charge in [-0.2, -0.15) is 0 Å².